The summed E-state index contributed by atoms with van der Waals surface area (Å²) in [4.78, 5) is 12.2. The highest BCUT2D eigenvalue weighted by Crippen LogP contribution is 2.39. The summed E-state index contributed by atoms with van der Waals surface area (Å²) in [6.45, 7) is 20.8. The Balaban J connectivity index is 5.99. The van der Waals surface area contributed by atoms with E-state index >= 15 is 0 Å². The molecule has 222 valence electrons. The maximum atomic E-state index is 12.2. The smallest absolute Gasteiger partial charge is 0.317 e. The third-order valence-electron chi connectivity index (χ3n) is 8.29. The van der Waals surface area contributed by atoms with Crippen LogP contribution >= 0.6 is 0 Å². The van der Waals surface area contributed by atoms with Crippen LogP contribution in [-0.2, 0) is 17.8 Å². The molecule has 0 aromatic heterocycles. The van der Waals surface area contributed by atoms with E-state index in [2.05, 4.69) is 48.5 Å². The fraction of sp³-hybridized carbons (Fsp3) is 0.967. The summed E-state index contributed by atoms with van der Waals surface area (Å²) < 4.78 is 21.0. The summed E-state index contributed by atoms with van der Waals surface area (Å²) in [5.74, 6) is -0.0555. The topological polar surface area (TPSA) is 44.8 Å². The van der Waals surface area contributed by atoms with Crippen molar-refractivity contribution in [2.75, 3.05) is 6.61 Å². The molecule has 0 amide bonds. The van der Waals surface area contributed by atoms with Gasteiger partial charge in [-0.05, 0) is 61.2 Å². The molecule has 0 aromatic carbocycles. The highest BCUT2D eigenvalue weighted by molar-refractivity contribution is 6.90. The Morgan fingerprint density at radius 1 is 0.595 bits per heavy atom. The SMILES string of the molecule is CCCC[Si](CCCC)(CCCC)O[Si](CC)(CC)O[Si](CCC)(CCC)CCCOC(=O)C(C)CC. The zero-order valence-electron chi connectivity index (χ0n) is 26.6. The van der Waals surface area contributed by atoms with Gasteiger partial charge in [-0.3, -0.25) is 4.79 Å². The molecule has 4 nitrogen and oxygen atoms in total. The Hall–Kier alpha value is 0.0406. The maximum absolute atomic E-state index is 12.2. The van der Waals surface area contributed by atoms with Gasteiger partial charge in [-0.1, -0.05) is 114 Å². The number of hydrogen-bond acceptors (Lipinski definition) is 4. The van der Waals surface area contributed by atoms with Gasteiger partial charge in [0, 0.05) is 0 Å². The first-order valence-electron chi connectivity index (χ1n) is 16.3. The Morgan fingerprint density at radius 3 is 1.35 bits per heavy atom. The quantitative estimate of drug-likeness (QED) is 0.0618. The van der Waals surface area contributed by atoms with Crippen LogP contribution in [0.5, 0.6) is 0 Å². The van der Waals surface area contributed by atoms with Crippen LogP contribution < -0.4 is 0 Å². The number of ether oxygens (including phenoxy) is 1. The van der Waals surface area contributed by atoms with E-state index in [1.807, 2.05) is 13.8 Å². The van der Waals surface area contributed by atoms with Gasteiger partial charge in [-0.15, -0.1) is 0 Å². The lowest BCUT2D eigenvalue weighted by molar-refractivity contribution is -0.148. The zero-order valence-corrected chi connectivity index (χ0v) is 29.6. The summed E-state index contributed by atoms with van der Waals surface area (Å²) in [6, 6.07) is 9.54. The van der Waals surface area contributed by atoms with E-state index in [4.69, 9.17) is 13.0 Å². The van der Waals surface area contributed by atoms with Crippen LogP contribution in [0.3, 0.4) is 0 Å². The largest absolute Gasteiger partial charge is 0.465 e. The molecule has 0 fully saturated rings. The third kappa shape index (κ3) is 13.8. The summed E-state index contributed by atoms with van der Waals surface area (Å²) in [5, 5.41) is 0. The molecular formula is C30H66O4Si3. The van der Waals surface area contributed by atoms with E-state index in [0.29, 0.717) is 6.61 Å². The molecule has 0 heterocycles. The summed E-state index contributed by atoms with van der Waals surface area (Å²) in [5.41, 5.74) is 0. The van der Waals surface area contributed by atoms with Gasteiger partial charge in [0.05, 0.1) is 12.5 Å². The molecule has 0 radical (unpaired) electrons. The lowest BCUT2D eigenvalue weighted by Crippen LogP contribution is -2.58. The minimum atomic E-state index is -2.33. The first-order valence-corrected chi connectivity index (χ1v) is 23.6. The van der Waals surface area contributed by atoms with Crippen LogP contribution in [0.1, 0.15) is 127 Å². The van der Waals surface area contributed by atoms with Crippen LogP contribution in [0.4, 0.5) is 0 Å². The van der Waals surface area contributed by atoms with Crippen molar-refractivity contribution < 1.29 is 17.8 Å². The number of rotatable bonds is 25. The molecule has 0 aliphatic heterocycles. The minimum absolute atomic E-state index is 0.00869. The van der Waals surface area contributed by atoms with E-state index < -0.39 is 25.2 Å². The fourth-order valence-electron chi connectivity index (χ4n) is 5.69. The zero-order chi connectivity index (χ0) is 28.2. The molecule has 0 saturated heterocycles. The molecule has 37 heavy (non-hydrogen) atoms. The van der Waals surface area contributed by atoms with Crippen molar-refractivity contribution in [2.45, 2.75) is 175 Å². The standard InChI is InChI=1S/C30H66O4Si3/c1-10-18-25-36(26-19-11-2,27-20-12-3)34-37(16-7,17-8)33-35(23-13-4,24-14-5)28-21-22-32-30(31)29(9)15-6/h29H,10-28H2,1-9H3. The minimum Gasteiger partial charge on any atom is -0.465 e. The van der Waals surface area contributed by atoms with E-state index in [0.717, 1.165) is 31.0 Å². The first kappa shape index (κ1) is 37.0. The van der Waals surface area contributed by atoms with Crippen LogP contribution in [0, 0.1) is 5.92 Å². The van der Waals surface area contributed by atoms with Crippen molar-refractivity contribution in [1.82, 2.24) is 0 Å². The molecule has 7 heteroatoms. The van der Waals surface area contributed by atoms with Crippen molar-refractivity contribution >= 4 is 31.2 Å². The molecule has 0 aliphatic rings. The number of unbranched alkanes of at least 4 members (excludes halogenated alkanes) is 3. The van der Waals surface area contributed by atoms with Crippen molar-refractivity contribution in [1.29, 1.82) is 0 Å². The highest BCUT2D eigenvalue weighted by atomic mass is 28.5. The molecule has 0 spiro atoms. The van der Waals surface area contributed by atoms with Crippen molar-refractivity contribution in [3.05, 3.63) is 0 Å². The number of hydrogen-bond donors (Lipinski definition) is 0. The van der Waals surface area contributed by atoms with Crippen LogP contribution in [0.2, 0.25) is 48.4 Å². The molecule has 0 aromatic rings. The van der Waals surface area contributed by atoms with Gasteiger partial charge in [-0.2, -0.15) is 0 Å². The highest BCUT2D eigenvalue weighted by Gasteiger charge is 2.49. The van der Waals surface area contributed by atoms with Gasteiger partial charge < -0.3 is 13.0 Å². The average molecular weight is 575 g/mol. The lowest BCUT2D eigenvalue weighted by atomic mass is 10.1. The lowest BCUT2D eigenvalue weighted by Gasteiger charge is -2.47. The second-order valence-corrected chi connectivity index (χ2v) is 24.2. The van der Waals surface area contributed by atoms with Crippen LogP contribution in [-0.4, -0.2) is 37.8 Å². The Labute approximate surface area is 235 Å². The van der Waals surface area contributed by atoms with E-state index in [1.54, 1.807) is 0 Å². The Bertz CT molecular complexity index is 541. The van der Waals surface area contributed by atoms with Crippen LogP contribution in [0.15, 0.2) is 0 Å². The number of esters is 1. The second kappa shape index (κ2) is 20.9. The number of carbonyl (C=O) groups excluding carboxylic acids is 1. The predicted octanol–water partition coefficient (Wildman–Crippen LogP) is 10.6. The number of carbonyl (C=O) groups is 1. The Morgan fingerprint density at radius 2 is 1.00 bits per heavy atom. The van der Waals surface area contributed by atoms with Gasteiger partial charge >= 0.3 is 14.5 Å². The Kier molecular flexibility index (Phi) is 20.9. The first-order chi connectivity index (χ1) is 17.7. The molecule has 1 unspecified atom stereocenters. The summed E-state index contributed by atoms with van der Waals surface area (Å²) in [6.07, 6.45) is 11.8. The van der Waals surface area contributed by atoms with Crippen molar-refractivity contribution in [3.63, 3.8) is 0 Å². The van der Waals surface area contributed by atoms with Gasteiger partial charge in [-0.25, -0.2) is 0 Å². The second-order valence-electron chi connectivity index (χ2n) is 11.6. The third-order valence-corrected chi connectivity index (χ3v) is 24.8. The van der Waals surface area contributed by atoms with Gasteiger partial charge in [0.1, 0.15) is 0 Å². The van der Waals surface area contributed by atoms with E-state index in [9.17, 15) is 4.79 Å². The van der Waals surface area contributed by atoms with E-state index in [-0.39, 0.29) is 11.9 Å². The van der Waals surface area contributed by atoms with Gasteiger partial charge in [0.25, 0.3) is 0 Å². The molecule has 0 aliphatic carbocycles. The van der Waals surface area contributed by atoms with Gasteiger partial charge in [0.15, 0.2) is 16.6 Å². The normalized spacial score (nSPS) is 13.6. The molecule has 1 atom stereocenters. The predicted molar refractivity (Wildman–Crippen MR) is 170 cm³/mol. The summed E-state index contributed by atoms with van der Waals surface area (Å²) in [7, 11) is -6.20. The van der Waals surface area contributed by atoms with Crippen molar-refractivity contribution in [2.24, 2.45) is 5.92 Å². The fourth-order valence-corrected chi connectivity index (χ4v) is 24.9. The van der Waals surface area contributed by atoms with Crippen LogP contribution in [0.25, 0.3) is 0 Å². The molecule has 0 saturated carbocycles. The molecule has 0 N–H and O–H groups in total. The monoisotopic (exact) mass is 574 g/mol. The molecule has 0 bridgehead atoms. The van der Waals surface area contributed by atoms with E-state index in [1.165, 1.54) is 81.6 Å². The molecular weight excluding hydrogens is 509 g/mol. The maximum Gasteiger partial charge on any atom is 0.317 e. The summed E-state index contributed by atoms with van der Waals surface area (Å²) >= 11 is 0. The van der Waals surface area contributed by atoms with Crippen molar-refractivity contribution in [3.8, 4) is 0 Å². The van der Waals surface area contributed by atoms with Gasteiger partial charge in [0.2, 0.25) is 0 Å². The molecule has 0 rings (SSSR count). The average Bonchev–Trinajstić information content (AvgIpc) is 2.91.